The van der Waals surface area contributed by atoms with Crippen LogP contribution in [0.25, 0.3) is 0 Å². The molecule has 2 rings (SSSR count). The van der Waals surface area contributed by atoms with Crippen molar-refractivity contribution in [1.29, 1.82) is 0 Å². The molecule has 0 unspecified atom stereocenters. The molecule has 5 nitrogen and oxygen atoms in total. The van der Waals surface area contributed by atoms with Gasteiger partial charge in [-0.1, -0.05) is 16.0 Å². The lowest BCUT2D eigenvalue weighted by molar-refractivity contribution is 0.0949. The number of para-hydroxylation sites is 1. The Labute approximate surface area is 98.0 Å². The molecule has 0 aromatic heterocycles. The van der Waals surface area contributed by atoms with Crippen molar-refractivity contribution in [3.05, 3.63) is 29.8 Å². The molecule has 1 N–H and O–H groups in total. The fraction of sp³-hybridized carbons (Fsp3) is 0.300. The molecule has 0 bridgehead atoms. The number of nitrogens with one attached hydrogen (secondary N) is 1. The van der Waals surface area contributed by atoms with Crippen LogP contribution in [-0.2, 0) is 10.5 Å². The molecule has 1 fully saturated rings. The van der Waals surface area contributed by atoms with Crippen LogP contribution in [0.5, 0.6) is 5.75 Å². The Morgan fingerprint density at radius 3 is 2.59 bits per heavy atom. The van der Waals surface area contributed by atoms with Gasteiger partial charge in [0.25, 0.3) is 5.91 Å². The fourth-order valence-corrected chi connectivity index (χ4v) is 1.68. The van der Waals surface area contributed by atoms with Gasteiger partial charge in [0.2, 0.25) is 0 Å². The number of rotatable bonds is 4. The van der Waals surface area contributed by atoms with E-state index >= 15 is 0 Å². The Bertz CT molecular complexity index is 539. The largest absolute Gasteiger partial charge is 0.488 e. The number of hydrogen-bond acceptors (Lipinski definition) is 4. The fourth-order valence-electron chi connectivity index (χ4n) is 1.32. The summed E-state index contributed by atoms with van der Waals surface area (Å²) in [5.74, 6) is -0.778. The second-order valence-electron chi connectivity index (χ2n) is 3.72. The Kier molecular flexibility index (Phi) is 3.01. The molecule has 7 heteroatoms. The van der Waals surface area contributed by atoms with E-state index in [2.05, 4.69) is 9.50 Å². The standard InChI is InChI=1S/C10H10FNO4S/c11-17(14,15)16-9-4-2-1-3-8(9)10(13)12-7-5-6-7/h1-4,7H,5-6H2,(H,12,13). The van der Waals surface area contributed by atoms with Gasteiger partial charge in [-0.2, -0.15) is 8.42 Å². The summed E-state index contributed by atoms with van der Waals surface area (Å²) in [6, 6.07) is 5.71. The van der Waals surface area contributed by atoms with Gasteiger partial charge in [-0.15, -0.1) is 0 Å². The second kappa shape index (κ2) is 4.33. The summed E-state index contributed by atoms with van der Waals surface area (Å²) in [6.07, 6.45) is 1.80. The molecule has 0 atom stereocenters. The van der Waals surface area contributed by atoms with Crippen LogP contribution >= 0.6 is 0 Å². The van der Waals surface area contributed by atoms with Gasteiger partial charge in [0.1, 0.15) is 0 Å². The van der Waals surface area contributed by atoms with Gasteiger partial charge in [-0.25, -0.2) is 0 Å². The highest BCUT2D eigenvalue weighted by molar-refractivity contribution is 7.81. The summed E-state index contributed by atoms with van der Waals surface area (Å²) in [7, 11) is -5.13. The Balaban J connectivity index is 2.22. The van der Waals surface area contributed by atoms with Crippen LogP contribution in [-0.4, -0.2) is 20.4 Å². The van der Waals surface area contributed by atoms with Crippen LogP contribution in [0.1, 0.15) is 23.2 Å². The number of carbonyl (C=O) groups is 1. The molecule has 1 aromatic rings. The molecule has 0 saturated heterocycles. The first kappa shape index (κ1) is 11.8. The zero-order valence-electron chi connectivity index (χ0n) is 8.72. The Hall–Kier alpha value is -1.63. The van der Waals surface area contributed by atoms with E-state index in [4.69, 9.17) is 0 Å². The number of carbonyl (C=O) groups excluding carboxylic acids is 1. The first-order chi connectivity index (χ1) is 7.96. The van der Waals surface area contributed by atoms with E-state index in [0.29, 0.717) is 0 Å². The summed E-state index contributed by atoms with van der Waals surface area (Å²) >= 11 is 0. The zero-order chi connectivity index (χ0) is 12.5. The average molecular weight is 259 g/mol. The smallest absolute Gasteiger partial charge is 0.358 e. The van der Waals surface area contributed by atoms with E-state index in [9.17, 15) is 17.1 Å². The van der Waals surface area contributed by atoms with E-state index in [1.54, 1.807) is 6.07 Å². The van der Waals surface area contributed by atoms with Crippen LogP contribution in [0, 0.1) is 0 Å². The minimum Gasteiger partial charge on any atom is -0.358 e. The molecule has 1 aliphatic carbocycles. The molecular weight excluding hydrogens is 249 g/mol. The SMILES string of the molecule is O=C(NC1CC1)c1ccccc1OS(=O)(=O)F. The number of benzene rings is 1. The summed E-state index contributed by atoms with van der Waals surface area (Å²) in [5, 5.41) is 2.66. The Morgan fingerprint density at radius 2 is 2.00 bits per heavy atom. The highest BCUT2D eigenvalue weighted by atomic mass is 32.3. The lowest BCUT2D eigenvalue weighted by Crippen LogP contribution is -2.26. The third-order valence-corrected chi connectivity index (χ3v) is 2.61. The maximum atomic E-state index is 12.4. The third-order valence-electron chi connectivity index (χ3n) is 2.23. The topological polar surface area (TPSA) is 72.5 Å². The molecule has 17 heavy (non-hydrogen) atoms. The van der Waals surface area contributed by atoms with Crippen molar-refractivity contribution >= 4 is 16.4 Å². The predicted octanol–water partition coefficient (Wildman–Crippen LogP) is 1.17. The molecule has 1 aromatic carbocycles. The van der Waals surface area contributed by atoms with E-state index in [1.165, 1.54) is 18.2 Å². The van der Waals surface area contributed by atoms with Crippen molar-refractivity contribution in [2.75, 3.05) is 0 Å². The van der Waals surface area contributed by atoms with Gasteiger partial charge in [-0.05, 0) is 25.0 Å². The van der Waals surface area contributed by atoms with Crippen molar-refractivity contribution in [3.63, 3.8) is 0 Å². The van der Waals surface area contributed by atoms with Crippen LogP contribution in [0.15, 0.2) is 24.3 Å². The molecule has 1 saturated carbocycles. The molecule has 0 heterocycles. The van der Waals surface area contributed by atoms with Gasteiger partial charge in [-0.3, -0.25) is 4.79 Å². The zero-order valence-corrected chi connectivity index (χ0v) is 9.54. The van der Waals surface area contributed by atoms with Gasteiger partial charge >= 0.3 is 10.5 Å². The number of amides is 1. The molecule has 0 spiro atoms. The van der Waals surface area contributed by atoms with Crippen LogP contribution in [0.4, 0.5) is 3.89 Å². The minimum atomic E-state index is -5.13. The van der Waals surface area contributed by atoms with Crippen molar-refractivity contribution in [1.82, 2.24) is 5.32 Å². The molecule has 92 valence electrons. The lowest BCUT2D eigenvalue weighted by Gasteiger charge is -2.07. The predicted molar refractivity (Wildman–Crippen MR) is 57.6 cm³/mol. The van der Waals surface area contributed by atoms with E-state index in [0.717, 1.165) is 12.8 Å². The summed E-state index contributed by atoms with van der Waals surface area (Å²) < 4.78 is 37.3. The van der Waals surface area contributed by atoms with Crippen LogP contribution in [0.2, 0.25) is 0 Å². The van der Waals surface area contributed by atoms with Gasteiger partial charge in [0, 0.05) is 6.04 Å². The normalized spacial score (nSPS) is 15.4. The first-order valence-corrected chi connectivity index (χ1v) is 6.30. The van der Waals surface area contributed by atoms with Crippen molar-refractivity contribution < 1.29 is 21.3 Å². The first-order valence-electron chi connectivity index (χ1n) is 5.00. The third kappa shape index (κ3) is 3.42. The quantitative estimate of drug-likeness (QED) is 0.824. The highest BCUT2D eigenvalue weighted by Crippen LogP contribution is 2.23. The number of halogens is 1. The van der Waals surface area contributed by atoms with Gasteiger partial charge < -0.3 is 9.50 Å². The lowest BCUT2D eigenvalue weighted by atomic mass is 10.2. The van der Waals surface area contributed by atoms with Gasteiger partial charge in [0.05, 0.1) is 5.56 Å². The van der Waals surface area contributed by atoms with Crippen molar-refractivity contribution in [2.45, 2.75) is 18.9 Å². The second-order valence-corrected chi connectivity index (χ2v) is 4.67. The van der Waals surface area contributed by atoms with Crippen LogP contribution in [0.3, 0.4) is 0 Å². The maximum absolute atomic E-state index is 12.4. The highest BCUT2D eigenvalue weighted by Gasteiger charge is 2.26. The van der Waals surface area contributed by atoms with E-state index < -0.39 is 16.4 Å². The molecular formula is C10H10FNO4S. The minimum absolute atomic E-state index is 0.000579. The molecule has 1 aliphatic rings. The molecule has 1 amide bonds. The molecule has 0 radical (unpaired) electrons. The van der Waals surface area contributed by atoms with Gasteiger partial charge in [0.15, 0.2) is 5.75 Å². The monoisotopic (exact) mass is 259 g/mol. The van der Waals surface area contributed by atoms with Crippen molar-refractivity contribution in [3.8, 4) is 5.75 Å². The molecule has 0 aliphatic heterocycles. The maximum Gasteiger partial charge on any atom is 0.488 e. The van der Waals surface area contributed by atoms with Crippen LogP contribution < -0.4 is 9.50 Å². The van der Waals surface area contributed by atoms with E-state index in [-0.39, 0.29) is 17.4 Å². The van der Waals surface area contributed by atoms with E-state index in [1.807, 2.05) is 0 Å². The Morgan fingerprint density at radius 1 is 1.35 bits per heavy atom. The van der Waals surface area contributed by atoms with Crippen molar-refractivity contribution in [2.24, 2.45) is 0 Å². The summed E-state index contributed by atoms with van der Waals surface area (Å²) in [6.45, 7) is 0. The summed E-state index contributed by atoms with van der Waals surface area (Å²) in [5.41, 5.74) is 0.000579. The summed E-state index contributed by atoms with van der Waals surface area (Å²) in [4.78, 5) is 11.7. The number of hydrogen-bond donors (Lipinski definition) is 1. The average Bonchev–Trinajstić information content (AvgIpc) is 3.00.